The van der Waals surface area contributed by atoms with E-state index in [1.54, 1.807) is 20.0 Å². The van der Waals surface area contributed by atoms with Crippen LogP contribution in [0, 0.1) is 12.7 Å². The summed E-state index contributed by atoms with van der Waals surface area (Å²) in [6.07, 6.45) is 4.61. The molecule has 1 atom stereocenters. The molecule has 1 N–H and O–H groups in total. The van der Waals surface area contributed by atoms with Gasteiger partial charge in [-0.2, -0.15) is 0 Å². The highest BCUT2D eigenvalue weighted by atomic mass is 19.1. The van der Waals surface area contributed by atoms with E-state index in [1.807, 2.05) is 4.90 Å². The number of hydrogen-bond donors (Lipinski definition) is 1. The lowest BCUT2D eigenvalue weighted by Gasteiger charge is -2.29. The minimum atomic E-state index is -1.06. The van der Waals surface area contributed by atoms with Gasteiger partial charge in [0.1, 0.15) is 22.9 Å². The largest absolute Gasteiger partial charge is 0.386 e. The minimum absolute atomic E-state index is 0.166. The summed E-state index contributed by atoms with van der Waals surface area (Å²) in [6.45, 7) is 2.87. The molecule has 0 spiro atoms. The maximum absolute atomic E-state index is 13.0. The number of β-amino-alcohol motifs (C(OH)–C–C–N with tert-alkyl or cyclic N) is 1. The highest BCUT2D eigenvalue weighted by Crippen LogP contribution is 2.26. The van der Waals surface area contributed by atoms with Gasteiger partial charge in [0.15, 0.2) is 0 Å². The van der Waals surface area contributed by atoms with Crippen LogP contribution in [-0.4, -0.2) is 63.1 Å². The second kappa shape index (κ2) is 6.72. The molecule has 0 aromatic carbocycles. The van der Waals surface area contributed by atoms with Crippen LogP contribution < -0.4 is 4.90 Å². The summed E-state index contributed by atoms with van der Waals surface area (Å²) in [5.41, 5.74) is -0.0821. The highest BCUT2D eigenvalue weighted by molar-refractivity contribution is 5.91. The number of amides is 1. The molecule has 0 saturated carbocycles. The van der Waals surface area contributed by atoms with Crippen molar-refractivity contribution in [2.45, 2.75) is 18.9 Å². The van der Waals surface area contributed by atoms with E-state index in [1.165, 1.54) is 23.4 Å². The van der Waals surface area contributed by atoms with E-state index in [4.69, 9.17) is 0 Å². The second-order valence-electron chi connectivity index (χ2n) is 6.43. The topological polar surface area (TPSA) is 82.5 Å². The molecular weight excluding hydrogens is 325 g/mol. The SMILES string of the molecule is Cc1cnc(C(=O)N(C)CC2(O)CCN(c3ccc(F)cn3)C2)cn1. The molecule has 1 unspecified atom stereocenters. The van der Waals surface area contributed by atoms with Crippen molar-refractivity contribution in [1.29, 1.82) is 0 Å². The Labute approximate surface area is 145 Å². The van der Waals surface area contributed by atoms with Crippen LogP contribution in [-0.2, 0) is 0 Å². The van der Waals surface area contributed by atoms with Crippen molar-refractivity contribution < 1.29 is 14.3 Å². The Morgan fingerprint density at radius 1 is 1.32 bits per heavy atom. The summed E-state index contributed by atoms with van der Waals surface area (Å²) in [6, 6.07) is 2.92. The molecule has 1 aliphatic heterocycles. The van der Waals surface area contributed by atoms with Crippen molar-refractivity contribution >= 4 is 11.7 Å². The van der Waals surface area contributed by atoms with Gasteiger partial charge in [0.2, 0.25) is 0 Å². The molecule has 0 radical (unpaired) electrons. The van der Waals surface area contributed by atoms with E-state index in [0.29, 0.717) is 25.3 Å². The minimum Gasteiger partial charge on any atom is -0.386 e. The zero-order valence-electron chi connectivity index (χ0n) is 14.2. The highest BCUT2D eigenvalue weighted by Gasteiger charge is 2.38. The van der Waals surface area contributed by atoms with E-state index >= 15 is 0 Å². The number of pyridine rings is 1. The number of rotatable bonds is 4. The van der Waals surface area contributed by atoms with Crippen LogP contribution in [0.4, 0.5) is 10.2 Å². The third-order valence-electron chi connectivity index (χ3n) is 4.25. The van der Waals surface area contributed by atoms with Crippen LogP contribution in [0.15, 0.2) is 30.7 Å². The van der Waals surface area contributed by atoms with Gasteiger partial charge in [0, 0.05) is 26.3 Å². The Morgan fingerprint density at radius 2 is 2.12 bits per heavy atom. The molecule has 7 nitrogen and oxygen atoms in total. The van der Waals surface area contributed by atoms with Gasteiger partial charge in [-0.25, -0.2) is 14.4 Å². The molecule has 3 rings (SSSR count). The lowest BCUT2D eigenvalue weighted by molar-refractivity contribution is 0.0261. The second-order valence-corrected chi connectivity index (χ2v) is 6.43. The fraction of sp³-hybridized carbons (Fsp3) is 0.412. The lowest BCUT2D eigenvalue weighted by Crippen LogP contribution is -2.46. The van der Waals surface area contributed by atoms with Gasteiger partial charge in [-0.3, -0.25) is 9.78 Å². The third kappa shape index (κ3) is 3.90. The summed E-state index contributed by atoms with van der Waals surface area (Å²) in [4.78, 5) is 27.9. The molecule has 2 aromatic rings. The predicted molar refractivity (Wildman–Crippen MR) is 89.7 cm³/mol. The van der Waals surface area contributed by atoms with Crippen molar-refractivity contribution in [2.24, 2.45) is 0 Å². The number of halogens is 1. The number of aromatic nitrogens is 3. The van der Waals surface area contributed by atoms with Gasteiger partial charge in [-0.1, -0.05) is 0 Å². The van der Waals surface area contributed by atoms with Crippen LogP contribution in [0.5, 0.6) is 0 Å². The first-order valence-electron chi connectivity index (χ1n) is 7.99. The number of aryl methyl sites for hydroxylation is 1. The van der Waals surface area contributed by atoms with Crippen LogP contribution in [0.25, 0.3) is 0 Å². The number of carbonyl (C=O) groups is 1. The Kier molecular flexibility index (Phi) is 4.63. The van der Waals surface area contributed by atoms with E-state index in [-0.39, 0.29) is 18.1 Å². The maximum Gasteiger partial charge on any atom is 0.273 e. The van der Waals surface area contributed by atoms with Crippen molar-refractivity contribution in [2.75, 3.05) is 31.6 Å². The van der Waals surface area contributed by atoms with E-state index in [0.717, 1.165) is 11.9 Å². The van der Waals surface area contributed by atoms with Gasteiger partial charge in [-0.15, -0.1) is 0 Å². The first-order valence-corrected chi connectivity index (χ1v) is 7.99. The third-order valence-corrected chi connectivity index (χ3v) is 4.25. The van der Waals surface area contributed by atoms with Gasteiger partial charge in [0.05, 0.1) is 24.6 Å². The molecule has 0 bridgehead atoms. The average molecular weight is 345 g/mol. The van der Waals surface area contributed by atoms with Crippen LogP contribution in [0.2, 0.25) is 0 Å². The quantitative estimate of drug-likeness (QED) is 0.891. The Hall–Kier alpha value is -2.61. The van der Waals surface area contributed by atoms with E-state index in [2.05, 4.69) is 15.0 Å². The zero-order valence-corrected chi connectivity index (χ0v) is 14.2. The van der Waals surface area contributed by atoms with Crippen molar-refractivity contribution in [3.8, 4) is 0 Å². The molecule has 8 heteroatoms. The normalized spacial score (nSPS) is 19.9. The fourth-order valence-corrected chi connectivity index (χ4v) is 2.95. The number of anilines is 1. The van der Waals surface area contributed by atoms with E-state index < -0.39 is 11.4 Å². The number of carbonyl (C=O) groups excluding carboxylic acids is 1. The molecule has 3 heterocycles. The summed E-state index contributed by atoms with van der Waals surface area (Å²) >= 11 is 0. The molecule has 1 saturated heterocycles. The van der Waals surface area contributed by atoms with Gasteiger partial charge < -0.3 is 14.9 Å². The standard InChI is InChI=1S/C17H20FN5O2/c1-12-7-20-14(9-19-12)16(24)22(2)10-17(25)5-6-23(11-17)15-4-3-13(18)8-21-15/h3-4,7-9,25H,5-6,10-11H2,1-2H3. The van der Waals surface area contributed by atoms with Crippen LogP contribution in [0.3, 0.4) is 0 Å². The molecule has 1 aliphatic rings. The van der Waals surface area contributed by atoms with Crippen LogP contribution in [0.1, 0.15) is 22.6 Å². The van der Waals surface area contributed by atoms with Gasteiger partial charge in [-0.05, 0) is 25.5 Å². The van der Waals surface area contributed by atoms with Crippen molar-refractivity contribution in [3.05, 3.63) is 47.9 Å². The fourth-order valence-electron chi connectivity index (χ4n) is 2.95. The molecule has 2 aromatic heterocycles. The van der Waals surface area contributed by atoms with Crippen molar-refractivity contribution in [1.82, 2.24) is 19.9 Å². The number of likely N-dealkylation sites (N-methyl/N-ethyl adjacent to an activating group) is 1. The Balaban J connectivity index is 1.64. The number of aliphatic hydroxyl groups is 1. The average Bonchev–Trinajstić information content (AvgIpc) is 2.97. The van der Waals surface area contributed by atoms with Gasteiger partial charge in [0.25, 0.3) is 5.91 Å². The summed E-state index contributed by atoms with van der Waals surface area (Å²) < 4.78 is 13.0. The van der Waals surface area contributed by atoms with Crippen LogP contribution >= 0.6 is 0 Å². The first-order chi connectivity index (χ1) is 11.9. The zero-order chi connectivity index (χ0) is 18.0. The molecule has 1 amide bonds. The molecular formula is C17H20FN5O2. The van der Waals surface area contributed by atoms with E-state index in [9.17, 15) is 14.3 Å². The summed E-state index contributed by atoms with van der Waals surface area (Å²) in [5.74, 6) is -0.0854. The maximum atomic E-state index is 13.0. The van der Waals surface area contributed by atoms with Gasteiger partial charge >= 0.3 is 0 Å². The summed E-state index contributed by atoms with van der Waals surface area (Å²) in [5, 5.41) is 10.8. The smallest absolute Gasteiger partial charge is 0.273 e. The monoisotopic (exact) mass is 345 g/mol. The van der Waals surface area contributed by atoms with Crippen molar-refractivity contribution in [3.63, 3.8) is 0 Å². The Morgan fingerprint density at radius 3 is 2.76 bits per heavy atom. The predicted octanol–water partition coefficient (Wildman–Crippen LogP) is 1.03. The molecule has 1 fully saturated rings. The number of nitrogens with zero attached hydrogens (tertiary/aromatic N) is 5. The molecule has 0 aliphatic carbocycles. The lowest BCUT2D eigenvalue weighted by atomic mass is 10.0. The summed E-state index contributed by atoms with van der Waals surface area (Å²) in [7, 11) is 1.63. The number of hydrogen-bond acceptors (Lipinski definition) is 6. The first kappa shape index (κ1) is 17.2. The molecule has 132 valence electrons. The molecule has 25 heavy (non-hydrogen) atoms. The Bertz CT molecular complexity index is 753.